The summed E-state index contributed by atoms with van der Waals surface area (Å²) in [5.41, 5.74) is 5.20. The third kappa shape index (κ3) is 2.26. The first-order valence-corrected chi connectivity index (χ1v) is 5.17. The van der Waals surface area contributed by atoms with Crippen LogP contribution in [0.15, 0.2) is 0 Å². The number of fused-ring (bicyclic) bond motifs is 2. The Bertz CT molecular complexity index is 222. The smallest absolute Gasteiger partial charge is 0.372 e. The van der Waals surface area contributed by atoms with E-state index in [-0.39, 0.29) is 18.8 Å². The van der Waals surface area contributed by atoms with Gasteiger partial charge in [-0.2, -0.15) is 13.2 Å². The van der Waals surface area contributed by atoms with E-state index in [1.54, 1.807) is 0 Å². The Labute approximate surface area is 86.4 Å². The van der Waals surface area contributed by atoms with Gasteiger partial charge in [0, 0.05) is 19.6 Å². The first-order valence-electron chi connectivity index (χ1n) is 5.17. The lowest BCUT2D eigenvalue weighted by atomic mass is 10.2. The first kappa shape index (κ1) is 11.2. The molecule has 0 amide bonds. The van der Waals surface area contributed by atoms with Gasteiger partial charge in [-0.1, -0.05) is 0 Å². The van der Waals surface area contributed by atoms with Crippen LogP contribution >= 0.6 is 0 Å². The molecule has 2 bridgehead atoms. The molecule has 2 heterocycles. The van der Waals surface area contributed by atoms with E-state index in [1.165, 1.54) is 4.90 Å². The maximum atomic E-state index is 12.6. The fraction of sp³-hybridized carbons (Fsp3) is 1.00. The Morgan fingerprint density at radius 2 is 1.80 bits per heavy atom. The normalized spacial score (nSPS) is 34.4. The quantitative estimate of drug-likeness (QED) is 0.751. The monoisotopic (exact) mass is 224 g/mol. The van der Waals surface area contributed by atoms with Crippen molar-refractivity contribution >= 4 is 0 Å². The van der Waals surface area contributed by atoms with Gasteiger partial charge in [0.2, 0.25) is 0 Å². The van der Waals surface area contributed by atoms with Crippen molar-refractivity contribution < 1.29 is 17.9 Å². The largest absolute Gasteiger partial charge is 0.405 e. The number of nitrogens with two attached hydrogens (primary N) is 1. The minimum absolute atomic E-state index is 0.0276. The van der Waals surface area contributed by atoms with Crippen molar-refractivity contribution in [2.75, 3.05) is 19.6 Å². The zero-order valence-electron chi connectivity index (χ0n) is 8.33. The highest BCUT2D eigenvalue weighted by Gasteiger charge is 2.46. The molecule has 0 aromatic rings. The number of ether oxygens (including phenoxy) is 1. The van der Waals surface area contributed by atoms with E-state index in [2.05, 4.69) is 0 Å². The number of hydrogen-bond donors (Lipinski definition) is 1. The van der Waals surface area contributed by atoms with Crippen LogP contribution in [0.1, 0.15) is 12.8 Å². The zero-order chi connectivity index (χ0) is 11.1. The van der Waals surface area contributed by atoms with Gasteiger partial charge in [-0.3, -0.25) is 4.90 Å². The summed E-state index contributed by atoms with van der Waals surface area (Å²) >= 11 is 0. The average Bonchev–Trinajstić information content (AvgIpc) is 2.44. The van der Waals surface area contributed by atoms with Crippen LogP contribution in [-0.4, -0.2) is 49.0 Å². The summed E-state index contributed by atoms with van der Waals surface area (Å²) in [6.07, 6.45) is -2.54. The van der Waals surface area contributed by atoms with Gasteiger partial charge >= 0.3 is 6.18 Å². The lowest BCUT2D eigenvalue weighted by Crippen LogP contribution is -2.56. The molecule has 0 aromatic heterocycles. The highest BCUT2D eigenvalue weighted by Crippen LogP contribution is 2.31. The maximum absolute atomic E-state index is 12.6. The number of hydrogen-bond acceptors (Lipinski definition) is 3. The molecule has 0 radical (unpaired) electrons. The van der Waals surface area contributed by atoms with Crippen LogP contribution in [0, 0.1) is 0 Å². The highest BCUT2D eigenvalue weighted by molar-refractivity contribution is 4.90. The van der Waals surface area contributed by atoms with Crippen molar-refractivity contribution in [2.45, 2.75) is 37.3 Å². The first-order chi connectivity index (χ1) is 7.00. The molecule has 0 aromatic carbocycles. The Morgan fingerprint density at radius 3 is 2.20 bits per heavy atom. The van der Waals surface area contributed by atoms with E-state index >= 15 is 0 Å². The van der Waals surface area contributed by atoms with Crippen LogP contribution in [-0.2, 0) is 4.74 Å². The molecule has 3 unspecified atom stereocenters. The highest BCUT2D eigenvalue weighted by atomic mass is 19.4. The molecular formula is C9H15F3N2O. The van der Waals surface area contributed by atoms with Crippen molar-refractivity contribution in [3.8, 4) is 0 Å². The Hall–Kier alpha value is -0.330. The summed E-state index contributed by atoms with van der Waals surface area (Å²) in [4.78, 5) is 1.42. The summed E-state index contributed by atoms with van der Waals surface area (Å²) in [6, 6.07) is -1.51. The third-order valence-corrected chi connectivity index (χ3v) is 3.11. The molecule has 0 aliphatic carbocycles. The minimum Gasteiger partial charge on any atom is -0.372 e. The maximum Gasteiger partial charge on any atom is 0.405 e. The number of halogens is 3. The van der Waals surface area contributed by atoms with Crippen molar-refractivity contribution in [2.24, 2.45) is 5.73 Å². The van der Waals surface area contributed by atoms with Gasteiger partial charge in [-0.25, -0.2) is 0 Å². The van der Waals surface area contributed by atoms with Crippen LogP contribution in [0.2, 0.25) is 0 Å². The third-order valence-electron chi connectivity index (χ3n) is 3.11. The van der Waals surface area contributed by atoms with Gasteiger partial charge < -0.3 is 10.5 Å². The number of nitrogens with zero attached hydrogens (tertiary/aromatic N) is 1. The molecule has 3 nitrogen and oxygen atoms in total. The van der Waals surface area contributed by atoms with Crippen LogP contribution < -0.4 is 5.73 Å². The predicted octanol–water partition coefficient (Wildman–Crippen LogP) is 0.739. The molecule has 2 fully saturated rings. The fourth-order valence-corrected chi connectivity index (χ4v) is 2.39. The Kier molecular flexibility index (Phi) is 2.92. The SMILES string of the molecule is NCC(N1CC2CCC(C1)O2)C(F)(F)F. The summed E-state index contributed by atoms with van der Waals surface area (Å²) in [7, 11) is 0. The van der Waals surface area contributed by atoms with Crippen molar-refractivity contribution in [1.29, 1.82) is 0 Å². The number of likely N-dealkylation sites (tertiary alicyclic amines) is 1. The Balaban J connectivity index is 2.03. The number of morpholine rings is 1. The molecule has 0 saturated carbocycles. The van der Waals surface area contributed by atoms with Gasteiger partial charge in [-0.05, 0) is 12.8 Å². The Morgan fingerprint density at radius 1 is 1.27 bits per heavy atom. The number of rotatable bonds is 2. The molecule has 6 heteroatoms. The molecule has 15 heavy (non-hydrogen) atoms. The zero-order valence-corrected chi connectivity index (χ0v) is 8.33. The molecule has 2 aliphatic rings. The van der Waals surface area contributed by atoms with E-state index in [4.69, 9.17) is 10.5 Å². The van der Waals surface area contributed by atoms with Gasteiger partial charge in [0.15, 0.2) is 0 Å². The second-order valence-corrected chi connectivity index (χ2v) is 4.20. The van der Waals surface area contributed by atoms with Gasteiger partial charge in [-0.15, -0.1) is 0 Å². The second kappa shape index (κ2) is 3.92. The van der Waals surface area contributed by atoms with Crippen molar-refractivity contribution in [3.05, 3.63) is 0 Å². The molecule has 88 valence electrons. The fourth-order valence-electron chi connectivity index (χ4n) is 2.39. The van der Waals surface area contributed by atoms with Crippen LogP contribution in [0.4, 0.5) is 13.2 Å². The molecule has 2 saturated heterocycles. The van der Waals surface area contributed by atoms with E-state index < -0.39 is 12.2 Å². The van der Waals surface area contributed by atoms with Crippen LogP contribution in [0.25, 0.3) is 0 Å². The minimum atomic E-state index is -4.23. The summed E-state index contributed by atoms with van der Waals surface area (Å²) in [5.74, 6) is 0. The summed E-state index contributed by atoms with van der Waals surface area (Å²) in [5, 5.41) is 0. The average molecular weight is 224 g/mol. The van der Waals surface area contributed by atoms with E-state index in [1.807, 2.05) is 0 Å². The molecule has 2 N–H and O–H groups in total. The topological polar surface area (TPSA) is 38.5 Å². The van der Waals surface area contributed by atoms with Crippen molar-refractivity contribution in [1.82, 2.24) is 4.90 Å². The molecule has 2 aliphatic heterocycles. The molecular weight excluding hydrogens is 209 g/mol. The number of alkyl halides is 3. The lowest BCUT2D eigenvalue weighted by Gasteiger charge is -2.38. The van der Waals surface area contributed by atoms with Crippen molar-refractivity contribution in [3.63, 3.8) is 0 Å². The van der Waals surface area contributed by atoms with E-state index in [9.17, 15) is 13.2 Å². The van der Waals surface area contributed by atoms with E-state index in [0.717, 1.165) is 12.8 Å². The lowest BCUT2D eigenvalue weighted by molar-refractivity contribution is -0.195. The molecule has 0 spiro atoms. The van der Waals surface area contributed by atoms with E-state index in [0.29, 0.717) is 13.1 Å². The van der Waals surface area contributed by atoms with Gasteiger partial charge in [0.05, 0.1) is 12.2 Å². The van der Waals surface area contributed by atoms with Gasteiger partial charge in [0.1, 0.15) is 6.04 Å². The van der Waals surface area contributed by atoms with Crippen LogP contribution in [0.5, 0.6) is 0 Å². The molecule has 3 atom stereocenters. The summed E-state index contributed by atoms with van der Waals surface area (Å²) in [6.45, 7) is 0.346. The predicted molar refractivity (Wildman–Crippen MR) is 48.4 cm³/mol. The second-order valence-electron chi connectivity index (χ2n) is 4.20. The molecule has 2 rings (SSSR count). The standard InChI is InChI=1S/C9H15F3N2O/c10-9(11,12)8(3-13)14-4-6-1-2-7(5-14)15-6/h6-8H,1-5,13H2. The van der Waals surface area contributed by atoms with Gasteiger partial charge in [0.25, 0.3) is 0 Å². The summed E-state index contributed by atoms with van der Waals surface area (Å²) < 4.78 is 43.3. The van der Waals surface area contributed by atoms with Crippen LogP contribution in [0.3, 0.4) is 0 Å².